The van der Waals surface area contributed by atoms with Crippen molar-refractivity contribution in [3.8, 4) is 0 Å². The Kier molecular flexibility index (Phi) is 5.32. The predicted molar refractivity (Wildman–Crippen MR) is 61.2 cm³/mol. The minimum atomic E-state index is -2.84. The van der Waals surface area contributed by atoms with Crippen molar-refractivity contribution in [3.63, 3.8) is 0 Å². The SMILES string of the molecule is CS(=O)(=O)CCCN1CCOCC1CCl. The molecule has 1 atom stereocenters. The quantitative estimate of drug-likeness (QED) is 0.666. The molecule has 0 spiro atoms. The lowest BCUT2D eigenvalue weighted by molar-refractivity contribution is 0.00132. The zero-order chi connectivity index (χ0) is 11.3. The molecule has 1 aliphatic heterocycles. The molecular weight excluding hydrogens is 238 g/mol. The van der Waals surface area contributed by atoms with E-state index in [0.29, 0.717) is 25.5 Å². The maximum absolute atomic E-state index is 11.0. The maximum atomic E-state index is 11.0. The molecule has 0 bridgehead atoms. The molecule has 0 radical (unpaired) electrons. The molecule has 1 aliphatic rings. The summed E-state index contributed by atoms with van der Waals surface area (Å²) in [7, 11) is -2.84. The Morgan fingerprint density at radius 2 is 2.27 bits per heavy atom. The third-order valence-corrected chi connectivity index (χ3v) is 3.87. The van der Waals surface area contributed by atoms with Crippen molar-refractivity contribution < 1.29 is 13.2 Å². The first-order valence-electron chi connectivity index (χ1n) is 5.08. The van der Waals surface area contributed by atoms with Gasteiger partial charge in [-0.15, -0.1) is 11.6 Å². The van der Waals surface area contributed by atoms with Gasteiger partial charge in [0.1, 0.15) is 9.84 Å². The van der Waals surface area contributed by atoms with Crippen LogP contribution in [-0.2, 0) is 14.6 Å². The van der Waals surface area contributed by atoms with Gasteiger partial charge in [0.25, 0.3) is 0 Å². The second kappa shape index (κ2) is 6.03. The average Bonchev–Trinajstić information content (AvgIpc) is 2.16. The van der Waals surface area contributed by atoms with Gasteiger partial charge < -0.3 is 4.74 Å². The van der Waals surface area contributed by atoms with E-state index in [0.717, 1.165) is 13.1 Å². The maximum Gasteiger partial charge on any atom is 0.147 e. The molecule has 0 aliphatic carbocycles. The summed E-state index contributed by atoms with van der Waals surface area (Å²) < 4.78 is 27.2. The third kappa shape index (κ3) is 5.15. The van der Waals surface area contributed by atoms with E-state index < -0.39 is 9.84 Å². The summed E-state index contributed by atoms with van der Waals surface area (Å²) >= 11 is 5.80. The summed E-state index contributed by atoms with van der Waals surface area (Å²) in [6, 6.07) is 0.236. The van der Waals surface area contributed by atoms with E-state index in [9.17, 15) is 8.42 Å². The molecule has 1 rings (SSSR count). The number of hydrogen-bond donors (Lipinski definition) is 0. The van der Waals surface area contributed by atoms with Crippen LogP contribution in [0, 0.1) is 0 Å². The highest BCUT2D eigenvalue weighted by atomic mass is 35.5. The normalized spacial score (nSPS) is 24.3. The van der Waals surface area contributed by atoms with Crippen LogP contribution >= 0.6 is 11.6 Å². The van der Waals surface area contributed by atoms with Crippen molar-refractivity contribution in [1.29, 1.82) is 0 Å². The van der Waals surface area contributed by atoms with E-state index >= 15 is 0 Å². The van der Waals surface area contributed by atoms with Gasteiger partial charge >= 0.3 is 0 Å². The van der Waals surface area contributed by atoms with Crippen molar-refractivity contribution in [2.75, 3.05) is 44.2 Å². The van der Waals surface area contributed by atoms with Crippen LogP contribution in [0.25, 0.3) is 0 Å². The first-order chi connectivity index (χ1) is 7.03. The van der Waals surface area contributed by atoms with Crippen molar-refractivity contribution in [2.45, 2.75) is 12.5 Å². The lowest BCUT2D eigenvalue weighted by atomic mass is 10.2. The molecule has 1 unspecified atom stereocenters. The van der Waals surface area contributed by atoms with Gasteiger partial charge in [-0.3, -0.25) is 4.90 Å². The summed E-state index contributed by atoms with van der Waals surface area (Å²) in [5, 5.41) is 0. The molecule has 6 heteroatoms. The summed E-state index contributed by atoms with van der Waals surface area (Å²) in [6.45, 7) is 3.00. The second-order valence-electron chi connectivity index (χ2n) is 3.90. The van der Waals surface area contributed by atoms with E-state index in [1.54, 1.807) is 0 Å². The number of alkyl halides is 1. The fraction of sp³-hybridized carbons (Fsp3) is 1.00. The summed E-state index contributed by atoms with van der Waals surface area (Å²) in [6.07, 6.45) is 1.94. The zero-order valence-corrected chi connectivity index (χ0v) is 10.6. The van der Waals surface area contributed by atoms with E-state index in [1.807, 2.05) is 0 Å². The Hall–Kier alpha value is 0.160. The minimum Gasteiger partial charge on any atom is -0.378 e. The van der Waals surface area contributed by atoms with Gasteiger partial charge in [-0.2, -0.15) is 0 Å². The Morgan fingerprint density at radius 3 is 2.87 bits per heavy atom. The van der Waals surface area contributed by atoms with Crippen molar-refractivity contribution in [2.24, 2.45) is 0 Å². The lowest BCUT2D eigenvalue weighted by Gasteiger charge is -2.34. The van der Waals surface area contributed by atoms with Crippen LogP contribution in [0.15, 0.2) is 0 Å². The van der Waals surface area contributed by atoms with Crippen molar-refractivity contribution >= 4 is 21.4 Å². The van der Waals surface area contributed by atoms with Gasteiger partial charge in [-0.1, -0.05) is 0 Å². The van der Waals surface area contributed by atoms with E-state index in [1.165, 1.54) is 6.26 Å². The van der Waals surface area contributed by atoms with Crippen LogP contribution in [0.1, 0.15) is 6.42 Å². The number of morpholine rings is 1. The molecule has 0 aromatic rings. The Bertz CT molecular complexity index is 281. The molecule has 0 aromatic heterocycles. The third-order valence-electron chi connectivity index (χ3n) is 2.49. The zero-order valence-electron chi connectivity index (χ0n) is 8.99. The number of ether oxygens (including phenoxy) is 1. The average molecular weight is 256 g/mol. The standard InChI is InChI=1S/C9H18ClNO3S/c1-15(12,13)6-2-3-11-4-5-14-8-9(11)7-10/h9H,2-8H2,1H3. The van der Waals surface area contributed by atoms with Crippen LogP contribution in [0.3, 0.4) is 0 Å². The number of rotatable bonds is 5. The van der Waals surface area contributed by atoms with Crippen LogP contribution in [-0.4, -0.2) is 63.6 Å². The number of nitrogens with zero attached hydrogens (tertiary/aromatic N) is 1. The lowest BCUT2D eigenvalue weighted by Crippen LogP contribution is -2.47. The molecular formula is C9H18ClNO3S. The molecule has 4 nitrogen and oxygen atoms in total. The molecule has 0 amide bonds. The largest absolute Gasteiger partial charge is 0.378 e. The molecule has 1 fully saturated rings. The highest BCUT2D eigenvalue weighted by molar-refractivity contribution is 7.90. The van der Waals surface area contributed by atoms with Crippen LogP contribution in [0.4, 0.5) is 0 Å². The molecule has 90 valence electrons. The number of sulfone groups is 1. The fourth-order valence-electron chi connectivity index (χ4n) is 1.66. The van der Waals surface area contributed by atoms with E-state index in [4.69, 9.17) is 16.3 Å². The highest BCUT2D eigenvalue weighted by Crippen LogP contribution is 2.09. The predicted octanol–water partition coefficient (Wildman–Crippen LogP) is 0.361. The topological polar surface area (TPSA) is 46.6 Å². The second-order valence-corrected chi connectivity index (χ2v) is 6.47. The van der Waals surface area contributed by atoms with Crippen LogP contribution in [0.5, 0.6) is 0 Å². The number of hydrogen-bond acceptors (Lipinski definition) is 4. The van der Waals surface area contributed by atoms with Gasteiger partial charge in [0, 0.05) is 24.7 Å². The molecule has 0 N–H and O–H groups in total. The molecule has 1 saturated heterocycles. The molecule has 1 heterocycles. The van der Waals surface area contributed by atoms with Crippen molar-refractivity contribution in [3.05, 3.63) is 0 Å². The van der Waals surface area contributed by atoms with Gasteiger partial charge in [0.15, 0.2) is 0 Å². The first kappa shape index (κ1) is 13.2. The van der Waals surface area contributed by atoms with Gasteiger partial charge in [0.2, 0.25) is 0 Å². The first-order valence-corrected chi connectivity index (χ1v) is 7.68. The van der Waals surface area contributed by atoms with Crippen LogP contribution < -0.4 is 0 Å². The molecule has 15 heavy (non-hydrogen) atoms. The fourth-order valence-corrected chi connectivity index (χ4v) is 2.59. The monoisotopic (exact) mass is 255 g/mol. The minimum absolute atomic E-state index is 0.236. The van der Waals surface area contributed by atoms with Gasteiger partial charge in [-0.25, -0.2) is 8.42 Å². The van der Waals surface area contributed by atoms with E-state index in [2.05, 4.69) is 4.90 Å². The van der Waals surface area contributed by atoms with Gasteiger partial charge in [0.05, 0.1) is 19.0 Å². The van der Waals surface area contributed by atoms with E-state index in [-0.39, 0.29) is 11.8 Å². The summed E-state index contributed by atoms with van der Waals surface area (Å²) in [4.78, 5) is 2.21. The Balaban J connectivity index is 2.29. The molecule has 0 saturated carbocycles. The Morgan fingerprint density at radius 1 is 1.53 bits per heavy atom. The van der Waals surface area contributed by atoms with Gasteiger partial charge in [-0.05, 0) is 13.0 Å². The molecule has 0 aromatic carbocycles. The number of halogens is 1. The summed E-state index contributed by atoms with van der Waals surface area (Å²) in [5.74, 6) is 0.790. The smallest absolute Gasteiger partial charge is 0.147 e. The van der Waals surface area contributed by atoms with Crippen LogP contribution in [0.2, 0.25) is 0 Å². The Labute approximate surface area is 96.5 Å². The summed E-state index contributed by atoms with van der Waals surface area (Å²) in [5.41, 5.74) is 0. The highest BCUT2D eigenvalue weighted by Gasteiger charge is 2.21. The van der Waals surface area contributed by atoms with Crippen molar-refractivity contribution in [1.82, 2.24) is 4.90 Å².